The summed E-state index contributed by atoms with van der Waals surface area (Å²) in [5.74, 6) is -1.22. The van der Waals surface area contributed by atoms with Crippen molar-refractivity contribution in [2.24, 2.45) is 0 Å². The molecule has 2 heterocycles. The summed E-state index contributed by atoms with van der Waals surface area (Å²) < 4.78 is 3.79. The van der Waals surface area contributed by atoms with E-state index < -0.39 is 11.7 Å². The Balaban J connectivity index is 1.23. The van der Waals surface area contributed by atoms with Gasteiger partial charge in [0.15, 0.2) is 0 Å². The van der Waals surface area contributed by atoms with Gasteiger partial charge in [-0.05, 0) is 49.2 Å². The summed E-state index contributed by atoms with van der Waals surface area (Å²) in [7, 11) is 0. The van der Waals surface area contributed by atoms with E-state index >= 15 is 0 Å². The van der Waals surface area contributed by atoms with E-state index in [0.717, 1.165) is 27.8 Å². The maximum absolute atomic E-state index is 12.9. The first-order valence-electron chi connectivity index (χ1n) is 11.4. The minimum atomic E-state index is -0.641. The Labute approximate surface area is 203 Å². The Morgan fingerprint density at radius 2 is 1.54 bits per heavy atom. The molecule has 174 valence electrons. The SMILES string of the molecule is Cc1nn(-c2ccccc2)c(C)c1C(=O)C(=O)NCc1ccc(Cn2cnc3ccccc32)cc1. The highest BCUT2D eigenvalue weighted by Crippen LogP contribution is 2.19. The molecule has 35 heavy (non-hydrogen) atoms. The largest absolute Gasteiger partial charge is 0.345 e. The first kappa shape index (κ1) is 22.3. The van der Waals surface area contributed by atoms with Crippen LogP contribution in [0.5, 0.6) is 0 Å². The first-order valence-corrected chi connectivity index (χ1v) is 11.4. The molecule has 7 heteroatoms. The van der Waals surface area contributed by atoms with Gasteiger partial charge < -0.3 is 9.88 Å². The van der Waals surface area contributed by atoms with Crippen molar-refractivity contribution in [3.8, 4) is 5.69 Å². The molecule has 1 amide bonds. The maximum atomic E-state index is 12.9. The van der Waals surface area contributed by atoms with Crippen molar-refractivity contribution >= 4 is 22.7 Å². The number of amides is 1. The summed E-state index contributed by atoms with van der Waals surface area (Å²) in [6.45, 7) is 4.52. The lowest BCUT2D eigenvalue weighted by atomic mass is 10.1. The summed E-state index contributed by atoms with van der Waals surface area (Å²) in [4.78, 5) is 30.0. The zero-order chi connectivity index (χ0) is 24.4. The number of aromatic nitrogens is 4. The number of carbonyl (C=O) groups excluding carboxylic acids is 2. The molecule has 0 unspecified atom stereocenters. The second kappa shape index (κ2) is 9.38. The molecular formula is C28H25N5O2. The normalized spacial score (nSPS) is 11.0. The standard InChI is InChI=1S/C28H25N5O2/c1-19-26(20(2)33(31-19)23-8-4-3-5-9-23)27(34)28(35)29-16-21-12-14-22(15-13-21)17-32-18-30-24-10-6-7-11-25(24)32/h3-15,18H,16-17H2,1-2H3,(H,29,35). The van der Waals surface area contributed by atoms with Crippen LogP contribution in [0.3, 0.4) is 0 Å². The fraction of sp³-hybridized carbons (Fsp3) is 0.143. The highest BCUT2D eigenvalue weighted by molar-refractivity contribution is 6.43. The number of Topliss-reactive ketones (excluding diaryl/α,β-unsaturated/α-hetero) is 1. The molecule has 0 atom stereocenters. The summed E-state index contributed by atoms with van der Waals surface area (Å²) in [6, 6.07) is 25.5. The third-order valence-electron chi connectivity index (χ3n) is 6.08. The van der Waals surface area contributed by atoms with Gasteiger partial charge in [0, 0.05) is 13.1 Å². The van der Waals surface area contributed by atoms with Crippen LogP contribution in [0.4, 0.5) is 0 Å². The van der Waals surface area contributed by atoms with Crippen molar-refractivity contribution in [1.29, 1.82) is 0 Å². The molecule has 0 saturated heterocycles. The van der Waals surface area contributed by atoms with E-state index in [1.807, 2.05) is 79.1 Å². The molecule has 0 radical (unpaired) electrons. The molecule has 0 aliphatic heterocycles. The van der Waals surface area contributed by atoms with E-state index in [2.05, 4.69) is 26.0 Å². The van der Waals surface area contributed by atoms with Gasteiger partial charge in [-0.3, -0.25) is 9.59 Å². The van der Waals surface area contributed by atoms with E-state index in [1.165, 1.54) is 0 Å². The van der Waals surface area contributed by atoms with E-state index in [1.54, 1.807) is 18.5 Å². The number of hydrogen-bond acceptors (Lipinski definition) is 4. The highest BCUT2D eigenvalue weighted by atomic mass is 16.2. The molecule has 2 aromatic heterocycles. The van der Waals surface area contributed by atoms with Gasteiger partial charge in [-0.1, -0.05) is 54.6 Å². The summed E-state index contributed by atoms with van der Waals surface area (Å²) in [5.41, 5.74) is 6.45. The van der Waals surface area contributed by atoms with Crippen LogP contribution in [0.15, 0.2) is 85.2 Å². The van der Waals surface area contributed by atoms with Crippen LogP contribution in [-0.2, 0) is 17.9 Å². The van der Waals surface area contributed by atoms with Crippen LogP contribution in [0.25, 0.3) is 16.7 Å². The van der Waals surface area contributed by atoms with Gasteiger partial charge in [0.2, 0.25) is 0 Å². The Bertz CT molecular complexity index is 1510. The van der Waals surface area contributed by atoms with Crippen molar-refractivity contribution in [3.63, 3.8) is 0 Å². The summed E-state index contributed by atoms with van der Waals surface area (Å²) in [5, 5.41) is 7.22. The molecular weight excluding hydrogens is 438 g/mol. The number of imidazole rings is 1. The number of para-hydroxylation sites is 3. The maximum Gasteiger partial charge on any atom is 0.292 e. The number of fused-ring (bicyclic) bond motifs is 1. The number of nitrogens with one attached hydrogen (secondary N) is 1. The lowest BCUT2D eigenvalue weighted by Crippen LogP contribution is -2.31. The van der Waals surface area contributed by atoms with Gasteiger partial charge in [-0.25, -0.2) is 9.67 Å². The molecule has 0 aliphatic carbocycles. The molecule has 1 N–H and O–H groups in total. The summed E-state index contributed by atoms with van der Waals surface area (Å²) >= 11 is 0. The molecule has 0 bridgehead atoms. The molecule has 5 rings (SSSR count). The fourth-order valence-corrected chi connectivity index (χ4v) is 4.26. The molecule has 5 aromatic rings. The van der Waals surface area contributed by atoms with Crippen LogP contribution >= 0.6 is 0 Å². The van der Waals surface area contributed by atoms with Gasteiger partial charge in [0.1, 0.15) is 0 Å². The van der Waals surface area contributed by atoms with Crippen molar-refractivity contribution in [1.82, 2.24) is 24.6 Å². The molecule has 0 saturated carbocycles. The van der Waals surface area contributed by atoms with Crippen molar-refractivity contribution < 1.29 is 9.59 Å². The number of ketones is 1. The number of hydrogen-bond donors (Lipinski definition) is 1. The highest BCUT2D eigenvalue weighted by Gasteiger charge is 2.24. The number of carbonyl (C=O) groups is 2. The second-order valence-electron chi connectivity index (χ2n) is 8.48. The molecule has 0 fully saturated rings. The average Bonchev–Trinajstić information content (AvgIpc) is 3.43. The molecule has 3 aromatic carbocycles. The first-order chi connectivity index (χ1) is 17.0. The Morgan fingerprint density at radius 1 is 0.857 bits per heavy atom. The lowest BCUT2D eigenvalue weighted by molar-refractivity contribution is -0.117. The molecule has 0 spiro atoms. The topological polar surface area (TPSA) is 81.8 Å². The predicted octanol–water partition coefficient (Wildman–Crippen LogP) is 4.39. The van der Waals surface area contributed by atoms with Crippen LogP contribution < -0.4 is 5.32 Å². The Hall–Kier alpha value is -4.52. The number of nitrogens with zero attached hydrogens (tertiary/aromatic N) is 4. The number of rotatable bonds is 7. The van der Waals surface area contributed by atoms with Gasteiger partial charge in [0.05, 0.1) is 40.0 Å². The zero-order valence-electron chi connectivity index (χ0n) is 19.6. The second-order valence-corrected chi connectivity index (χ2v) is 8.48. The molecule has 7 nitrogen and oxygen atoms in total. The van der Waals surface area contributed by atoms with Crippen LogP contribution in [0.1, 0.15) is 32.9 Å². The van der Waals surface area contributed by atoms with E-state index in [4.69, 9.17) is 0 Å². The lowest BCUT2D eigenvalue weighted by Gasteiger charge is -2.08. The van der Waals surface area contributed by atoms with Crippen molar-refractivity contribution in [2.45, 2.75) is 26.9 Å². The minimum absolute atomic E-state index is 0.268. The Morgan fingerprint density at radius 3 is 2.31 bits per heavy atom. The van der Waals surface area contributed by atoms with Gasteiger partial charge >= 0.3 is 0 Å². The van der Waals surface area contributed by atoms with Gasteiger partial charge in [0.25, 0.3) is 11.7 Å². The smallest absolute Gasteiger partial charge is 0.292 e. The van der Waals surface area contributed by atoms with Gasteiger partial charge in [-0.15, -0.1) is 0 Å². The number of benzene rings is 3. The van der Waals surface area contributed by atoms with E-state index in [9.17, 15) is 9.59 Å². The van der Waals surface area contributed by atoms with Crippen molar-refractivity contribution in [2.75, 3.05) is 0 Å². The summed E-state index contributed by atoms with van der Waals surface area (Å²) in [6.07, 6.45) is 1.84. The van der Waals surface area contributed by atoms with Crippen molar-refractivity contribution in [3.05, 3.63) is 113 Å². The Kier molecular flexibility index (Phi) is 5.97. The minimum Gasteiger partial charge on any atom is -0.345 e. The predicted molar refractivity (Wildman–Crippen MR) is 134 cm³/mol. The van der Waals surface area contributed by atoms with Gasteiger partial charge in [-0.2, -0.15) is 5.10 Å². The van der Waals surface area contributed by atoms with Crippen LogP contribution in [-0.4, -0.2) is 31.0 Å². The third-order valence-corrected chi connectivity index (χ3v) is 6.08. The van der Waals surface area contributed by atoms with Crippen LogP contribution in [0.2, 0.25) is 0 Å². The third kappa shape index (κ3) is 4.48. The van der Waals surface area contributed by atoms with E-state index in [-0.39, 0.29) is 6.54 Å². The monoisotopic (exact) mass is 463 g/mol. The van der Waals surface area contributed by atoms with E-state index in [0.29, 0.717) is 23.5 Å². The molecule has 0 aliphatic rings. The van der Waals surface area contributed by atoms with Crippen LogP contribution in [0, 0.1) is 13.8 Å². The zero-order valence-corrected chi connectivity index (χ0v) is 19.6. The quantitative estimate of drug-likeness (QED) is 0.287. The average molecular weight is 464 g/mol. The fourth-order valence-electron chi connectivity index (χ4n) is 4.26. The number of aryl methyl sites for hydroxylation is 1.